The van der Waals surface area contributed by atoms with E-state index in [2.05, 4.69) is 49.7 Å². The second kappa shape index (κ2) is 5.87. The lowest BCUT2D eigenvalue weighted by Crippen LogP contribution is -2.05. The Bertz CT molecular complexity index is 638. The summed E-state index contributed by atoms with van der Waals surface area (Å²) in [4.78, 5) is -0.195. The Balaban J connectivity index is 2.65. The van der Waals surface area contributed by atoms with Crippen LogP contribution in [-0.4, -0.2) is 0 Å². The van der Waals surface area contributed by atoms with Crippen LogP contribution in [0.4, 0.5) is 4.39 Å². The molecule has 0 radical (unpaired) electrons. The largest absolute Gasteiger partial charge is 0.205 e. The molecule has 0 heterocycles. The Kier molecular flexibility index (Phi) is 4.55. The van der Waals surface area contributed by atoms with Gasteiger partial charge in [-0.1, -0.05) is 45.7 Å². The van der Waals surface area contributed by atoms with Crippen molar-refractivity contribution in [3.63, 3.8) is 0 Å². The highest BCUT2D eigenvalue weighted by atomic mass is 79.9. The normalized spacial score (nSPS) is 12.6. The van der Waals surface area contributed by atoms with E-state index in [-0.39, 0.29) is 15.7 Å². The quantitative estimate of drug-likeness (QED) is 0.563. The van der Waals surface area contributed by atoms with Crippen molar-refractivity contribution in [1.82, 2.24) is 0 Å². The SMILES string of the molecule is Cc1cc(C)c(C)c(C(Br)c2cccc(Cl)c2F)c1C. The van der Waals surface area contributed by atoms with Crippen LogP contribution in [0.2, 0.25) is 5.02 Å². The van der Waals surface area contributed by atoms with Gasteiger partial charge in [-0.25, -0.2) is 4.39 Å². The number of hydrogen-bond acceptors (Lipinski definition) is 0. The number of alkyl halides is 1. The first kappa shape index (κ1) is 15.5. The van der Waals surface area contributed by atoms with Gasteiger partial charge in [0.1, 0.15) is 5.82 Å². The van der Waals surface area contributed by atoms with Crippen LogP contribution in [0.5, 0.6) is 0 Å². The summed E-state index contributed by atoms with van der Waals surface area (Å²) in [5.74, 6) is -0.353. The summed E-state index contributed by atoms with van der Waals surface area (Å²) >= 11 is 9.54. The molecule has 2 rings (SSSR count). The van der Waals surface area contributed by atoms with Crippen molar-refractivity contribution >= 4 is 27.5 Å². The molecule has 0 aliphatic carbocycles. The molecule has 0 N–H and O–H groups in total. The molecule has 0 amide bonds. The Labute approximate surface area is 133 Å². The fraction of sp³-hybridized carbons (Fsp3) is 0.294. The van der Waals surface area contributed by atoms with Crippen molar-refractivity contribution in [1.29, 1.82) is 0 Å². The number of aryl methyl sites for hydroxylation is 2. The molecule has 2 aromatic rings. The first-order chi connectivity index (χ1) is 9.34. The van der Waals surface area contributed by atoms with Crippen LogP contribution in [0.15, 0.2) is 24.3 Å². The van der Waals surface area contributed by atoms with Crippen molar-refractivity contribution in [2.75, 3.05) is 0 Å². The summed E-state index contributed by atoms with van der Waals surface area (Å²) < 4.78 is 14.2. The van der Waals surface area contributed by atoms with E-state index in [1.807, 2.05) is 0 Å². The van der Waals surface area contributed by atoms with Gasteiger partial charge in [0.05, 0.1) is 9.85 Å². The van der Waals surface area contributed by atoms with Crippen LogP contribution in [0.3, 0.4) is 0 Å². The molecule has 2 aromatic carbocycles. The molecule has 3 heteroatoms. The summed E-state index contributed by atoms with van der Waals surface area (Å²) in [6.07, 6.45) is 0. The summed E-state index contributed by atoms with van der Waals surface area (Å²) in [6.45, 7) is 8.32. The molecule has 0 fully saturated rings. The zero-order valence-corrected chi connectivity index (χ0v) is 14.4. The van der Waals surface area contributed by atoms with E-state index in [0.717, 1.165) is 5.56 Å². The van der Waals surface area contributed by atoms with Crippen LogP contribution in [0.1, 0.15) is 38.2 Å². The Morgan fingerprint density at radius 3 is 2.15 bits per heavy atom. The predicted octanol–water partition coefficient (Wildman–Crippen LogP) is 6.20. The fourth-order valence-electron chi connectivity index (χ4n) is 2.50. The summed E-state index contributed by atoms with van der Waals surface area (Å²) in [7, 11) is 0. The topological polar surface area (TPSA) is 0 Å². The zero-order valence-electron chi connectivity index (χ0n) is 12.0. The molecule has 106 valence electrons. The van der Waals surface area contributed by atoms with Gasteiger partial charge in [-0.2, -0.15) is 0 Å². The van der Waals surface area contributed by atoms with E-state index in [1.54, 1.807) is 18.2 Å². The lowest BCUT2D eigenvalue weighted by Gasteiger charge is -2.21. The van der Waals surface area contributed by atoms with Gasteiger partial charge in [-0.15, -0.1) is 0 Å². The molecule has 0 aliphatic rings. The van der Waals surface area contributed by atoms with Crippen molar-refractivity contribution in [2.24, 2.45) is 0 Å². The third kappa shape index (κ3) is 2.64. The van der Waals surface area contributed by atoms with Gasteiger partial charge in [0.15, 0.2) is 0 Å². The molecule has 0 bridgehead atoms. The van der Waals surface area contributed by atoms with Crippen molar-refractivity contribution in [3.05, 3.63) is 68.5 Å². The predicted molar refractivity (Wildman–Crippen MR) is 87.6 cm³/mol. The molecule has 1 unspecified atom stereocenters. The molecule has 1 atom stereocenters. The third-order valence-electron chi connectivity index (χ3n) is 3.93. The maximum Gasteiger partial charge on any atom is 0.146 e. The molecule has 0 saturated carbocycles. The van der Waals surface area contributed by atoms with Crippen molar-refractivity contribution < 1.29 is 4.39 Å². The molecule has 0 spiro atoms. The van der Waals surface area contributed by atoms with Crippen LogP contribution in [0.25, 0.3) is 0 Å². The van der Waals surface area contributed by atoms with E-state index >= 15 is 0 Å². The Hall–Kier alpha value is -0.860. The standard InChI is InChI=1S/C17H17BrClF/c1-9-8-10(2)12(4)15(11(9)3)16(18)13-6-5-7-14(19)17(13)20/h5-8,16H,1-4H3. The zero-order chi connectivity index (χ0) is 15.0. The van der Waals surface area contributed by atoms with E-state index in [1.165, 1.54) is 22.3 Å². The number of rotatable bonds is 2. The molecule has 0 aliphatic heterocycles. The molecule has 20 heavy (non-hydrogen) atoms. The average Bonchev–Trinajstić information content (AvgIpc) is 2.40. The monoisotopic (exact) mass is 354 g/mol. The van der Waals surface area contributed by atoms with Gasteiger partial charge in [-0.05, 0) is 61.6 Å². The Morgan fingerprint density at radius 2 is 1.60 bits per heavy atom. The summed E-state index contributed by atoms with van der Waals surface area (Å²) in [5.41, 5.74) is 6.52. The third-order valence-corrected chi connectivity index (χ3v) is 5.17. The highest BCUT2D eigenvalue weighted by Gasteiger charge is 2.21. The minimum atomic E-state index is -0.353. The second-order valence-corrected chi connectivity index (χ2v) is 6.50. The molecule has 0 aromatic heterocycles. The minimum absolute atomic E-state index is 0.159. The first-order valence-electron chi connectivity index (χ1n) is 6.49. The number of halogens is 3. The van der Waals surface area contributed by atoms with Gasteiger partial charge < -0.3 is 0 Å². The van der Waals surface area contributed by atoms with Gasteiger partial charge >= 0.3 is 0 Å². The van der Waals surface area contributed by atoms with Gasteiger partial charge in [0.25, 0.3) is 0 Å². The van der Waals surface area contributed by atoms with Crippen LogP contribution < -0.4 is 0 Å². The molecule has 0 saturated heterocycles. The maximum absolute atomic E-state index is 14.2. The number of benzene rings is 2. The van der Waals surface area contributed by atoms with Crippen LogP contribution >= 0.6 is 27.5 Å². The lowest BCUT2D eigenvalue weighted by atomic mass is 9.90. The van der Waals surface area contributed by atoms with Gasteiger partial charge in [0.2, 0.25) is 0 Å². The number of hydrogen-bond donors (Lipinski definition) is 0. The second-order valence-electron chi connectivity index (χ2n) is 5.18. The van der Waals surface area contributed by atoms with E-state index in [0.29, 0.717) is 5.56 Å². The smallest absolute Gasteiger partial charge is 0.146 e. The van der Waals surface area contributed by atoms with Gasteiger partial charge in [-0.3, -0.25) is 0 Å². The lowest BCUT2D eigenvalue weighted by molar-refractivity contribution is 0.613. The Morgan fingerprint density at radius 1 is 1.05 bits per heavy atom. The van der Waals surface area contributed by atoms with E-state index in [4.69, 9.17) is 11.6 Å². The highest BCUT2D eigenvalue weighted by molar-refractivity contribution is 9.09. The van der Waals surface area contributed by atoms with Crippen molar-refractivity contribution in [3.8, 4) is 0 Å². The van der Waals surface area contributed by atoms with E-state index < -0.39 is 0 Å². The van der Waals surface area contributed by atoms with Crippen molar-refractivity contribution in [2.45, 2.75) is 32.5 Å². The minimum Gasteiger partial charge on any atom is -0.205 e. The summed E-state index contributed by atoms with van der Waals surface area (Å²) in [6, 6.07) is 7.29. The fourth-order valence-corrected chi connectivity index (χ4v) is 3.72. The molecule has 0 nitrogen and oxygen atoms in total. The first-order valence-corrected chi connectivity index (χ1v) is 7.79. The van der Waals surface area contributed by atoms with Gasteiger partial charge in [0, 0.05) is 5.56 Å². The molecular formula is C17H17BrClF. The average molecular weight is 356 g/mol. The highest BCUT2D eigenvalue weighted by Crippen LogP contribution is 2.39. The van der Waals surface area contributed by atoms with E-state index in [9.17, 15) is 4.39 Å². The molecular weight excluding hydrogens is 339 g/mol. The van der Waals surface area contributed by atoms with Crippen LogP contribution in [0, 0.1) is 33.5 Å². The maximum atomic E-state index is 14.2. The van der Waals surface area contributed by atoms with Crippen LogP contribution in [-0.2, 0) is 0 Å². The summed E-state index contributed by atoms with van der Waals surface area (Å²) in [5, 5.41) is 0.159.